The van der Waals surface area contributed by atoms with Crippen molar-refractivity contribution < 1.29 is 14.3 Å². The van der Waals surface area contributed by atoms with Gasteiger partial charge >= 0.3 is 0 Å². The molecule has 0 saturated heterocycles. The van der Waals surface area contributed by atoms with Crippen molar-refractivity contribution in [2.45, 2.75) is 19.8 Å². The molecule has 0 unspecified atom stereocenters. The van der Waals surface area contributed by atoms with Crippen LogP contribution in [-0.4, -0.2) is 48.8 Å². The first kappa shape index (κ1) is 18.5. The van der Waals surface area contributed by atoms with Gasteiger partial charge in [-0.15, -0.1) is 10.2 Å². The SMILES string of the molecule is CCCCN(C)C(=O)c1ccc(Nc2ccc(OC)c(OC)c2)nn1. The highest BCUT2D eigenvalue weighted by Gasteiger charge is 2.13. The second-order valence-electron chi connectivity index (χ2n) is 5.58. The molecule has 0 bridgehead atoms. The van der Waals surface area contributed by atoms with Crippen molar-refractivity contribution in [1.82, 2.24) is 15.1 Å². The highest BCUT2D eigenvalue weighted by Crippen LogP contribution is 2.30. The maximum atomic E-state index is 12.2. The van der Waals surface area contributed by atoms with Gasteiger partial charge in [-0.1, -0.05) is 13.3 Å². The molecular weight excluding hydrogens is 320 g/mol. The predicted molar refractivity (Wildman–Crippen MR) is 96.7 cm³/mol. The Morgan fingerprint density at radius 2 is 1.88 bits per heavy atom. The molecule has 0 aliphatic carbocycles. The molecule has 134 valence electrons. The molecule has 2 aromatic rings. The lowest BCUT2D eigenvalue weighted by molar-refractivity contribution is 0.0786. The number of carbonyl (C=O) groups is 1. The number of hydrogen-bond acceptors (Lipinski definition) is 6. The summed E-state index contributed by atoms with van der Waals surface area (Å²) in [6.45, 7) is 2.80. The molecule has 1 N–H and O–H groups in total. The first-order chi connectivity index (χ1) is 12.1. The summed E-state index contributed by atoms with van der Waals surface area (Å²) < 4.78 is 10.5. The highest BCUT2D eigenvalue weighted by atomic mass is 16.5. The van der Waals surface area contributed by atoms with Gasteiger partial charge in [0.2, 0.25) is 0 Å². The first-order valence-corrected chi connectivity index (χ1v) is 8.17. The van der Waals surface area contributed by atoms with Crippen molar-refractivity contribution in [3.05, 3.63) is 36.0 Å². The summed E-state index contributed by atoms with van der Waals surface area (Å²) in [5.41, 5.74) is 1.11. The number of hydrogen-bond donors (Lipinski definition) is 1. The predicted octanol–water partition coefficient (Wildman–Crippen LogP) is 3.11. The number of ether oxygens (including phenoxy) is 2. The van der Waals surface area contributed by atoms with Gasteiger partial charge in [0.05, 0.1) is 14.2 Å². The Kier molecular flexibility index (Phi) is 6.56. The van der Waals surface area contributed by atoms with Crippen LogP contribution in [0.5, 0.6) is 11.5 Å². The van der Waals surface area contributed by atoms with Crippen molar-refractivity contribution >= 4 is 17.4 Å². The lowest BCUT2D eigenvalue weighted by Crippen LogP contribution is -2.28. The van der Waals surface area contributed by atoms with Crippen molar-refractivity contribution in [3.8, 4) is 11.5 Å². The first-order valence-electron chi connectivity index (χ1n) is 8.17. The molecule has 7 heteroatoms. The number of nitrogens with zero attached hydrogens (tertiary/aromatic N) is 3. The van der Waals surface area contributed by atoms with Crippen LogP contribution in [0.15, 0.2) is 30.3 Å². The van der Waals surface area contributed by atoms with Gasteiger partial charge in [0, 0.05) is 25.3 Å². The van der Waals surface area contributed by atoms with Crippen LogP contribution in [0.4, 0.5) is 11.5 Å². The summed E-state index contributed by atoms with van der Waals surface area (Å²) >= 11 is 0. The molecule has 0 aliphatic heterocycles. The normalized spacial score (nSPS) is 10.2. The van der Waals surface area contributed by atoms with Gasteiger partial charge in [0.25, 0.3) is 5.91 Å². The molecule has 0 fully saturated rings. The van der Waals surface area contributed by atoms with E-state index in [1.807, 2.05) is 6.07 Å². The third kappa shape index (κ3) is 4.82. The van der Waals surface area contributed by atoms with E-state index in [4.69, 9.17) is 9.47 Å². The quantitative estimate of drug-likeness (QED) is 0.793. The zero-order valence-corrected chi connectivity index (χ0v) is 15.1. The van der Waals surface area contributed by atoms with E-state index < -0.39 is 0 Å². The van der Waals surface area contributed by atoms with Crippen LogP contribution in [0, 0.1) is 0 Å². The van der Waals surface area contributed by atoms with Crippen LogP contribution >= 0.6 is 0 Å². The summed E-state index contributed by atoms with van der Waals surface area (Å²) in [5.74, 6) is 1.68. The third-order valence-electron chi connectivity index (χ3n) is 3.73. The molecule has 0 spiro atoms. The van der Waals surface area contributed by atoms with Gasteiger partial charge in [-0.2, -0.15) is 0 Å². The number of anilines is 2. The number of methoxy groups -OCH3 is 2. The van der Waals surface area contributed by atoms with Crippen LogP contribution in [0.2, 0.25) is 0 Å². The Bertz CT molecular complexity index is 704. The molecule has 1 amide bonds. The highest BCUT2D eigenvalue weighted by molar-refractivity contribution is 5.92. The largest absolute Gasteiger partial charge is 0.493 e. The number of aromatic nitrogens is 2. The number of rotatable bonds is 8. The summed E-state index contributed by atoms with van der Waals surface area (Å²) in [6, 6.07) is 8.85. The van der Waals surface area contributed by atoms with Crippen molar-refractivity contribution in [2.75, 3.05) is 33.1 Å². The zero-order chi connectivity index (χ0) is 18.2. The minimum atomic E-state index is -0.126. The van der Waals surface area contributed by atoms with E-state index in [1.165, 1.54) is 0 Å². The maximum absolute atomic E-state index is 12.2. The lowest BCUT2D eigenvalue weighted by Gasteiger charge is -2.16. The topological polar surface area (TPSA) is 76.6 Å². The van der Waals surface area contributed by atoms with Crippen LogP contribution < -0.4 is 14.8 Å². The molecule has 0 saturated carbocycles. The van der Waals surface area contributed by atoms with Gasteiger partial charge in [-0.25, -0.2) is 0 Å². The minimum absolute atomic E-state index is 0.126. The number of nitrogens with one attached hydrogen (secondary N) is 1. The molecule has 1 aromatic carbocycles. The van der Waals surface area contributed by atoms with Crippen molar-refractivity contribution in [1.29, 1.82) is 0 Å². The fourth-order valence-electron chi connectivity index (χ4n) is 2.27. The molecule has 2 rings (SSSR count). The van der Waals surface area contributed by atoms with E-state index in [2.05, 4.69) is 22.4 Å². The van der Waals surface area contributed by atoms with Crippen molar-refractivity contribution in [3.63, 3.8) is 0 Å². The fourth-order valence-corrected chi connectivity index (χ4v) is 2.27. The van der Waals surface area contributed by atoms with Gasteiger partial charge < -0.3 is 19.7 Å². The Morgan fingerprint density at radius 3 is 2.48 bits per heavy atom. The number of benzene rings is 1. The average Bonchev–Trinajstić information content (AvgIpc) is 2.66. The monoisotopic (exact) mass is 344 g/mol. The van der Waals surface area contributed by atoms with Gasteiger partial charge in [-0.05, 0) is 30.7 Å². The Hall–Kier alpha value is -2.83. The summed E-state index contributed by atoms with van der Waals surface area (Å²) in [7, 11) is 4.94. The lowest BCUT2D eigenvalue weighted by atomic mass is 10.2. The van der Waals surface area contributed by atoms with Gasteiger partial charge in [0.1, 0.15) is 0 Å². The smallest absolute Gasteiger partial charge is 0.274 e. The molecular formula is C18H24N4O3. The van der Waals surface area contributed by atoms with E-state index in [-0.39, 0.29) is 5.91 Å². The van der Waals surface area contributed by atoms with Gasteiger partial charge in [-0.3, -0.25) is 4.79 Å². The molecule has 7 nitrogen and oxygen atoms in total. The maximum Gasteiger partial charge on any atom is 0.274 e. The molecule has 0 atom stereocenters. The van der Waals surface area contributed by atoms with E-state index in [1.54, 1.807) is 50.4 Å². The van der Waals surface area contributed by atoms with E-state index >= 15 is 0 Å². The van der Waals surface area contributed by atoms with E-state index in [9.17, 15) is 4.79 Å². The number of unbranched alkanes of at least 4 members (excludes halogenated alkanes) is 1. The number of amides is 1. The number of carbonyl (C=O) groups excluding carboxylic acids is 1. The van der Waals surface area contributed by atoms with Gasteiger partial charge in [0.15, 0.2) is 23.0 Å². The molecule has 0 aliphatic rings. The zero-order valence-electron chi connectivity index (χ0n) is 15.1. The Balaban J connectivity index is 2.06. The summed E-state index contributed by atoms with van der Waals surface area (Å²) in [4.78, 5) is 13.9. The molecule has 1 aromatic heterocycles. The third-order valence-corrected chi connectivity index (χ3v) is 3.73. The van der Waals surface area contributed by atoms with Crippen LogP contribution in [0.25, 0.3) is 0 Å². The molecule has 1 heterocycles. The Labute approximate surface area is 148 Å². The minimum Gasteiger partial charge on any atom is -0.493 e. The summed E-state index contributed by atoms with van der Waals surface area (Å²) in [6.07, 6.45) is 2.01. The van der Waals surface area contributed by atoms with E-state index in [0.717, 1.165) is 18.5 Å². The van der Waals surface area contributed by atoms with Crippen molar-refractivity contribution in [2.24, 2.45) is 0 Å². The van der Waals surface area contributed by atoms with Crippen LogP contribution in [0.1, 0.15) is 30.3 Å². The fraction of sp³-hybridized carbons (Fsp3) is 0.389. The molecule has 0 radical (unpaired) electrons. The average molecular weight is 344 g/mol. The Morgan fingerprint density at radius 1 is 1.12 bits per heavy atom. The molecule has 25 heavy (non-hydrogen) atoms. The summed E-state index contributed by atoms with van der Waals surface area (Å²) in [5, 5.41) is 11.2. The van der Waals surface area contributed by atoms with Crippen LogP contribution in [0.3, 0.4) is 0 Å². The van der Waals surface area contributed by atoms with Crippen LogP contribution in [-0.2, 0) is 0 Å². The second-order valence-corrected chi connectivity index (χ2v) is 5.58. The standard InChI is InChI=1S/C18H24N4O3/c1-5-6-11-22(2)18(23)14-8-10-17(21-20-14)19-13-7-9-15(24-3)16(12-13)25-4/h7-10,12H,5-6,11H2,1-4H3,(H,19,21). The second kappa shape index (κ2) is 8.86. The van der Waals surface area contributed by atoms with E-state index in [0.29, 0.717) is 29.6 Å².